The van der Waals surface area contributed by atoms with Gasteiger partial charge in [0.1, 0.15) is 5.75 Å². The van der Waals surface area contributed by atoms with Crippen LogP contribution in [0.5, 0.6) is 17.2 Å². The summed E-state index contributed by atoms with van der Waals surface area (Å²) >= 11 is 0. The largest absolute Gasteiger partial charge is 0.493 e. The van der Waals surface area contributed by atoms with Gasteiger partial charge in [0.25, 0.3) is 0 Å². The molecule has 1 aliphatic rings. The fourth-order valence-corrected chi connectivity index (χ4v) is 3.26. The number of ether oxygens (including phenoxy) is 4. The highest BCUT2D eigenvalue weighted by molar-refractivity contribution is 5.77. The van der Waals surface area contributed by atoms with Crippen molar-refractivity contribution in [3.8, 4) is 17.2 Å². The zero-order chi connectivity index (χ0) is 21.3. The quantitative estimate of drug-likeness (QED) is 0.485. The molecule has 1 saturated heterocycles. The lowest BCUT2D eigenvalue weighted by molar-refractivity contribution is 0.166. The Balaban J connectivity index is 1.57. The summed E-state index contributed by atoms with van der Waals surface area (Å²) in [5.74, 6) is 3.07. The molecule has 7 heteroatoms. The van der Waals surface area contributed by atoms with E-state index in [2.05, 4.69) is 35.4 Å². The van der Waals surface area contributed by atoms with Crippen molar-refractivity contribution in [2.75, 3.05) is 34.0 Å². The standard InChI is InChI=1S/C23H31N3O4/c1-16-4-6-19(21(10-16)30-15-18-8-9-29-14-18)13-26-23(24)25-12-17-5-7-20(27-2)22(11-17)28-3/h4-7,10-11,18H,8-9,12-15H2,1-3H3,(H3,24,25,26). The first-order chi connectivity index (χ1) is 14.6. The molecule has 7 nitrogen and oxygen atoms in total. The summed E-state index contributed by atoms with van der Waals surface area (Å²) in [6, 6.07) is 11.9. The zero-order valence-electron chi connectivity index (χ0n) is 17.9. The van der Waals surface area contributed by atoms with Crippen LogP contribution in [0, 0.1) is 12.8 Å². The number of methoxy groups -OCH3 is 2. The Morgan fingerprint density at radius 3 is 2.70 bits per heavy atom. The average molecular weight is 414 g/mol. The second-order valence-corrected chi connectivity index (χ2v) is 7.40. The van der Waals surface area contributed by atoms with Crippen molar-refractivity contribution in [1.82, 2.24) is 5.32 Å². The van der Waals surface area contributed by atoms with Crippen LogP contribution in [0.3, 0.4) is 0 Å². The number of nitrogens with one attached hydrogen (secondary N) is 1. The maximum atomic E-state index is 6.08. The van der Waals surface area contributed by atoms with Crippen LogP contribution in [0.15, 0.2) is 41.4 Å². The van der Waals surface area contributed by atoms with Crippen LogP contribution in [0.4, 0.5) is 0 Å². The van der Waals surface area contributed by atoms with Crippen molar-refractivity contribution in [1.29, 1.82) is 0 Å². The SMILES string of the molecule is COc1ccc(CN=C(N)NCc2ccc(C)cc2OCC2CCOC2)cc1OC. The highest BCUT2D eigenvalue weighted by atomic mass is 16.5. The first-order valence-electron chi connectivity index (χ1n) is 10.1. The Hall–Kier alpha value is -2.93. The van der Waals surface area contributed by atoms with Gasteiger partial charge in [-0.25, -0.2) is 4.99 Å². The van der Waals surface area contributed by atoms with E-state index in [4.69, 9.17) is 24.7 Å². The van der Waals surface area contributed by atoms with Gasteiger partial charge in [-0.1, -0.05) is 18.2 Å². The maximum Gasteiger partial charge on any atom is 0.189 e. The van der Waals surface area contributed by atoms with Crippen molar-refractivity contribution in [2.45, 2.75) is 26.4 Å². The summed E-state index contributed by atoms with van der Waals surface area (Å²) in [5.41, 5.74) is 9.26. The number of nitrogens with two attached hydrogens (primary N) is 1. The highest BCUT2D eigenvalue weighted by Gasteiger charge is 2.17. The molecule has 0 saturated carbocycles. The van der Waals surface area contributed by atoms with Crippen molar-refractivity contribution >= 4 is 5.96 Å². The molecule has 0 bridgehead atoms. The normalized spacial score (nSPS) is 16.4. The predicted octanol–water partition coefficient (Wildman–Crippen LogP) is 3.03. The summed E-state index contributed by atoms with van der Waals surface area (Å²) < 4.78 is 22.1. The maximum absolute atomic E-state index is 6.08. The molecule has 2 aromatic rings. The van der Waals surface area contributed by atoms with Gasteiger partial charge in [0.15, 0.2) is 17.5 Å². The van der Waals surface area contributed by atoms with E-state index in [0.29, 0.717) is 43.1 Å². The van der Waals surface area contributed by atoms with E-state index < -0.39 is 0 Å². The second kappa shape index (κ2) is 10.7. The number of aryl methyl sites for hydroxylation is 1. The molecule has 1 atom stereocenters. The minimum Gasteiger partial charge on any atom is -0.493 e. The van der Waals surface area contributed by atoms with Gasteiger partial charge in [0.2, 0.25) is 0 Å². The van der Waals surface area contributed by atoms with E-state index in [0.717, 1.165) is 42.1 Å². The Morgan fingerprint density at radius 1 is 1.13 bits per heavy atom. The third kappa shape index (κ3) is 6.03. The molecule has 1 aliphatic heterocycles. The fraction of sp³-hybridized carbons (Fsp3) is 0.435. The van der Waals surface area contributed by atoms with Crippen LogP contribution in [0.2, 0.25) is 0 Å². The molecule has 30 heavy (non-hydrogen) atoms. The summed E-state index contributed by atoms with van der Waals surface area (Å²) in [7, 11) is 3.23. The lowest BCUT2D eigenvalue weighted by Crippen LogP contribution is -2.31. The lowest BCUT2D eigenvalue weighted by atomic mass is 10.1. The van der Waals surface area contributed by atoms with Crippen LogP contribution in [-0.2, 0) is 17.8 Å². The Kier molecular flexibility index (Phi) is 7.79. The smallest absolute Gasteiger partial charge is 0.189 e. The number of hydrogen-bond acceptors (Lipinski definition) is 5. The summed E-state index contributed by atoms with van der Waals surface area (Å²) in [6.07, 6.45) is 1.05. The fourth-order valence-electron chi connectivity index (χ4n) is 3.26. The second-order valence-electron chi connectivity index (χ2n) is 7.40. The zero-order valence-corrected chi connectivity index (χ0v) is 17.9. The van der Waals surface area contributed by atoms with Gasteiger partial charge < -0.3 is 30.0 Å². The molecular formula is C23H31N3O4. The molecule has 1 unspecified atom stereocenters. The summed E-state index contributed by atoms with van der Waals surface area (Å²) in [4.78, 5) is 4.43. The Bertz CT molecular complexity index is 864. The number of guanidine groups is 1. The summed E-state index contributed by atoms with van der Waals surface area (Å²) in [6.45, 7) is 5.30. The van der Waals surface area contributed by atoms with Gasteiger partial charge in [-0.3, -0.25) is 0 Å². The minimum absolute atomic E-state index is 0.375. The molecule has 3 rings (SSSR count). The molecule has 0 aliphatic carbocycles. The summed E-state index contributed by atoms with van der Waals surface area (Å²) in [5, 5.41) is 3.18. The molecule has 162 valence electrons. The van der Waals surface area contributed by atoms with Gasteiger partial charge in [-0.15, -0.1) is 0 Å². The molecule has 3 N–H and O–H groups in total. The molecule has 0 aromatic heterocycles. The van der Waals surface area contributed by atoms with Crippen molar-refractivity contribution in [3.63, 3.8) is 0 Å². The Labute approximate surface area is 178 Å². The number of hydrogen-bond donors (Lipinski definition) is 2. The molecule has 0 amide bonds. The van der Waals surface area contributed by atoms with Crippen LogP contribution >= 0.6 is 0 Å². The number of benzene rings is 2. The van der Waals surface area contributed by atoms with E-state index in [1.54, 1.807) is 14.2 Å². The number of nitrogens with zero attached hydrogens (tertiary/aromatic N) is 1. The van der Waals surface area contributed by atoms with Crippen LogP contribution < -0.4 is 25.3 Å². The predicted molar refractivity (Wildman–Crippen MR) is 117 cm³/mol. The van der Waals surface area contributed by atoms with Crippen molar-refractivity contribution < 1.29 is 18.9 Å². The average Bonchev–Trinajstić information content (AvgIpc) is 3.29. The van der Waals surface area contributed by atoms with Gasteiger partial charge >= 0.3 is 0 Å². The van der Waals surface area contributed by atoms with E-state index in [-0.39, 0.29) is 0 Å². The molecule has 2 aromatic carbocycles. The lowest BCUT2D eigenvalue weighted by Gasteiger charge is -2.15. The van der Waals surface area contributed by atoms with Gasteiger partial charge in [-0.2, -0.15) is 0 Å². The molecule has 0 spiro atoms. The van der Waals surface area contributed by atoms with Crippen LogP contribution in [0.25, 0.3) is 0 Å². The monoisotopic (exact) mass is 413 g/mol. The van der Waals surface area contributed by atoms with Gasteiger partial charge in [-0.05, 0) is 42.7 Å². The molecule has 0 radical (unpaired) electrons. The first-order valence-corrected chi connectivity index (χ1v) is 10.1. The van der Waals surface area contributed by atoms with Crippen molar-refractivity contribution in [2.24, 2.45) is 16.6 Å². The van der Waals surface area contributed by atoms with Crippen LogP contribution in [0.1, 0.15) is 23.1 Å². The molecular weight excluding hydrogens is 382 g/mol. The number of aliphatic imine (C=N–C) groups is 1. The van der Waals surface area contributed by atoms with E-state index in [1.807, 2.05) is 18.2 Å². The van der Waals surface area contributed by atoms with E-state index >= 15 is 0 Å². The topological polar surface area (TPSA) is 87.3 Å². The van der Waals surface area contributed by atoms with E-state index in [9.17, 15) is 0 Å². The third-order valence-electron chi connectivity index (χ3n) is 5.06. The Morgan fingerprint density at radius 2 is 1.97 bits per heavy atom. The van der Waals surface area contributed by atoms with E-state index in [1.165, 1.54) is 0 Å². The number of rotatable bonds is 9. The van der Waals surface area contributed by atoms with Crippen LogP contribution in [-0.4, -0.2) is 40.0 Å². The third-order valence-corrected chi connectivity index (χ3v) is 5.06. The molecule has 1 heterocycles. The van der Waals surface area contributed by atoms with Crippen molar-refractivity contribution in [3.05, 3.63) is 53.1 Å². The highest BCUT2D eigenvalue weighted by Crippen LogP contribution is 2.27. The molecule has 1 fully saturated rings. The first kappa shape index (κ1) is 21.8. The van der Waals surface area contributed by atoms with Gasteiger partial charge in [0, 0.05) is 24.6 Å². The van der Waals surface area contributed by atoms with Gasteiger partial charge in [0.05, 0.1) is 34.0 Å². The minimum atomic E-state index is 0.375.